The van der Waals surface area contributed by atoms with E-state index in [-0.39, 0.29) is 22.7 Å². The van der Waals surface area contributed by atoms with Gasteiger partial charge >= 0.3 is 0 Å². The minimum absolute atomic E-state index is 0.105. The van der Waals surface area contributed by atoms with Crippen molar-refractivity contribution in [2.75, 3.05) is 11.4 Å². The fraction of sp³-hybridized carbons (Fsp3) is 0.167. The summed E-state index contributed by atoms with van der Waals surface area (Å²) in [6.07, 6.45) is 1.08. The number of nitrogens with zero attached hydrogens (tertiary/aromatic N) is 2. The molecule has 144 valence electrons. The van der Waals surface area contributed by atoms with Crippen LogP contribution in [0.15, 0.2) is 42.5 Å². The maximum atomic E-state index is 12.5. The maximum Gasteiger partial charge on any atom is 0.271 e. The zero-order valence-corrected chi connectivity index (χ0v) is 15.2. The second-order valence-electron chi connectivity index (χ2n) is 6.02. The molecule has 9 nitrogen and oxygen atoms in total. The first-order valence-corrected chi connectivity index (χ1v) is 8.69. The summed E-state index contributed by atoms with van der Waals surface area (Å²) in [5.74, 6) is -1.37. The normalized spacial score (nSPS) is 13.3. The van der Waals surface area contributed by atoms with E-state index in [2.05, 4.69) is 10.9 Å². The Morgan fingerprint density at radius 1 is 1.07 bits per heavy atom. The lowest BCUT2D eigenvalue weighted by atomic mass is 10.1. The van der Waals surface area contributed by atoms with Gasteiger partial charge < -0.3 is 4.90 Å². The van der Waals surface area contributed by atoms with Crippen LogP contribution in [0.1, 0.15) is 33.6 Å². The van der Waals surface area contributed by atoms with E-state index in [0.717, 1.165) is 0 Å². The minimum Gasteiger partial charge on any atom is -0.312 e. The largest absolute Gasteiger partial charge is 0.312 e. The first-order valence-electron chi connectivity index (χ1n) is 8.32. The van der Waals surface area contributed by atoms with Crippen LogP contribution in [0.4, 0.5) is 11.4 Å². The van der Waals surface area contributed by atoms with Gasteiger partial charge in [0, 0.05) is 35.7 Å². The fourth-order valence-corrected chi connectivity index (χ4v) is 2.98. The average molecular weight is 403 g/mol. The molecule has 0 atom stereocenters. The number of carbonyl (C=O) groups is 3. The lowest BCUT2D eigenvalue weighted by Crippen LogP contribution is -2.42. The van der Waals surface area contributed by atoms with Crippen molar-refractivity contribution in [3.8, 4) is 0 Å². The Hall–Kier alpha value is -3.46. The number of amides is 3. The number of hydrazine groups is 1. The molecule has 0 spiro atoms. The number of rotatable bonds is 4. The number of nitrogens with one attached hydrogen (secondary N) is 2. The molecule has 2 aromatic carbocycles. The van der Waals surface area contributed by atoms with Gasteiger partial charge in [0.2, 0.25) is 5.91 Å². The number of hydrogen-bond acceptors (Lipinski definition) is 5. The summed E-state index contributed by atoms with van der Waals surface area (Å²) in [6, 6.07) is 9.43. The van der Waals surface area contributed by atoms with Crippen LogP contribution in [0, 0.1) is 10.1 Å². The predicted octanol–water partition coefficient (Wildman–Crippen LogP) is 2.45. The molecule has 1 aliphatic heterocycles. The number of hydrogen-bond donors (Lipinski definition) is 2. The number of nitro benzene ring substituents is 1. The summed E-state index contributed by atoms with van der Waals surface area (Å²) in [6.45, 7) is 0.481. The number of halogens is 1. The second-order valence-corrected chi connectivity index (χ2v) is 6.46. The highest BCUT2D eigenvalue weighted by molar-refractivity contribution is 6.31. The molecule has 2 aromatic rings. The van der Waals surface area contributed by atoms with Crippen LogP contribution < -0.4 is 15.8 Å². The Bertz CT molecular complexity index is 961. The minimum atomic E-state index is -0.643. The molecule has 0 aromatic heterocycles. The predicted molar refractivity (Wildman–Crippen MR) is 101 cm³/mol. The van der Waals surface area contributed by atoms with Crippen molar-refractivity contribution in [1.82, 2.24) is 10.9 Å². The van der Waals surface area contributed by atoms with E-state index in [4.69, 9.17) is 11.6 Å². The van der Waals surface area contributed by atoms with Gasteiger partial charge in [-0.25, -0.2) is 0 Å². The van der Waals surface area contributed by atoms with E-state index in [1.54, 1.807) is 0 Å². The van der Waals surface area contributed by atoms with Crippen LogP contribution in [0.25, 0.3) is 0 Å². The van der Waals surface area contributed by atoms with Crippen molar-refractivity contribution in [3.63, 3.8) is 0 Å². The number of anilines is 1. The average Bonchev–Trinajstić information content (AvgIpc) is 3.11. The Balaban J connectivity index is 1.72. The van der Waals surface area contributed by atoms with Gasteiger partial charge in [0.1, 0.15) is 0 Å². The SMILES string of the molecule is O=C(NNC(=O)c1ccc(Cl)cc1N1CCCC1=O)c1ccc([N+](=O)[O-])cc1. The Labute approximate surface area is 164 Å². The summed E-state index contributed by atoms with van der Waals surface area (Å²) >= 11 is 6.00. The van der Waals surface area contributed by atoms with E-state index in [0.29, 0.717) is 30.1 Å². The third kappa shape index (κ3) is 4.09. The van der Waals surface area contributed by atoms with Crippen LogP contribution in [-0.4, -0.2) is 29.2 Å². The smallest absolute Gasteiger partial charge is 0.271 e. The molecule has 2 N–H and O–H groups in total. The molecule has 3 amide bonds. The third-order valence-electron chi connectivity index (χ3n) is 4.20. The van der Waals surface area contributed by atoms with Gasteiger partial charge in [-0.3, -0.25) is 35.3 Å². The Kier molecular flexibility index (Phi) is 5.55. The van der Waals surface area contributed by atoms with Gasteiger partial charge in [-0.05, 0) is 36.8 Å². The summed E-state index contributed by atoms with van der Waals surface area (Å²) in [5.41, 5.74) is 5.07. The van der Waals surface area contributed by atoms with Crippen LogP contribution in [-0.2, 0) is 4.79 Å². The zero-order valence-electron chi connectivity index (χ0n) is 14.5. The van der Waals surface area contributed by atoms with Crippen molar-refractivity contribution in [3.05, 3.63) is 68.7 Å². The topological polar surface area (TPSA) is 122 Å². The lowest BCUT2D eigenvalue weighted by molar-refractivity contribution is -0.384. The lowest BCUT2D eigenvalue weighted by Gasteiger charge is -2.19. The number of nitro groups is 1. The first-order chi connectivity index (χ1) is 13.4. The molecule has 3 rings (SSSR count). The molecular formula is C18H15ClN4O5. The molecule has 0 bridgehead atoms. The molecule has 1 saturated heterocycles. The molecule has 28 heavy (non-hydrogen) atoms. The fourth-order valence-electron chi connectivity index (χ4n) is 2.81. The highest BCUT2D eigenvalue weighted by Gasteiger charge is 2.26. The second kappa shape index (κ2) is 8.05. The summed E-state index contributed by atoms with van der Waals surface area (Å²) in [5, 5.41) is 11.0. The van der Waals surface area contributed by atoms with E-state index in [9.17, 15) is 24.5 Å². The van der Waals surface area contributed by atoms with Crippen LogP contribution in [0.2, 0.25) is 5.02 Å². The molecule has 10 heteroatoms. The molecule has 1 aliphatic rings. The molecule has 1 heterocycles. The number of carbonyl (C=O) groups excluding carboxylic acids is 3. The summed E-state index contributed by atoms with van der Waals surface area (Å²) in [4.78, 5) is 48.2. The van der Waals surface area contributed by atoms with Crippen molar-refractivity contribution in [1.29, 1.82) is 0 Å². The van der Waals surface area contributed by atoms with Crippen molar-refractivity contribution < 1.29 is 19.3 Å². The number of benzene rings is 2. The number of non-ortho nitro benzene ring substituents is 1. The van der Waals surface area contributed by atoms with E-state index in [1.807, 2.05) is 0 Å². The van der Waals surface area contributed by atoms with Gasteiger partial charge in [0.15, 0.2) is 0 Å². The summed E-state index contributed by atoms with van der Waals surface area (Å²) in [7, 11) is 0. The summed E-state index contributed by atoms with van der Waals surface area (Å²) < 4.78 is 0. The molecule has 0 aliphatic carbocycles. The van der Waals surface area contributed by atoms with E-state index in [1.165, 1.54) is 47.4 Å². The van der Waals surface area contributed by atoms with Crippen LogP contribution >= 0.6 is 11.6 Å². The Morgan fingerprint density at radius 2 is 1.75 bits per heavy atom. The Morgan fingerprint density at radius 3 is 2.36 bits per heavy atom. The maximum absolute atomic E-state index is 12.5. The van der Waals surface area contributed by atoms with E-state index < -0.39 is 16.7 Å². The monoisotopic (exact) mass is 402 g/mol. The van der Waals surface area contributed by atoms with Gasteiger partial charge in [0.05, 0.1) is 16.2 Å². The van der Waals surface area contributed by atoms with Gasteiger partial charge in [-0.15, -0.1) is 0 Å². The quantitative estimate of drug-likeness (QED) is 0.600. The molecular weight excluding hydrogens is 388 g/mol. The van der Waals surface area contributed by atoms with Crippen LogP contribution in [0.3, 0.4) is 0 Å². The molecule has 0 unspecified atom stereocenters. The van der Waals surface area contributed by atoms with Gasteiger partial charge in [0.25, 0.3) is 17.5 Å². The zero-order chi connectivity index (χ0) is 20.3. The van der Waals surface area contributed by atoms with Crippen molar-refractivity contribution in [2.24, 2.45) is 0 Å². The highest BCUT2D eigenvalue weighted by Crippen LogP contribution is 2.28. The van der Waals surface area contributed by atoms with E-state index >= 15 is 0 Å². The highest BCUT2D eigenvalue weighted by atomic mass is 35.5. The molecule has 1 fully saturated rings. The van der Waals surface area contributed by atoms with Crippen LogP contribution in [0.5, 0.6) is 0 Å². The van der Waals surface area contributed by atoms with Crippen molar-refractivity contribution >= 4 is 40.7 Å². The standard InChI is InChI=1S/C18H15ClN4O5/c19-12-5-8-14(15(10-12)22-9-1-2-16(22)24)18(26)21-20-17(25)11-3-6-13(7-4-11)23(27)28/h3-8,10H,1-2,9H2,(H,20,25)(H,21,26). The molecule has 0 saturated carbocycles. The van der Waals surface area contributed by atoms with Gasteiger partial charge in [-0.1, -0.05) is 11.6 Å². The third-order valence-corrected chi connectivity index (χ3v) is 4.43. The first kappa shape index (κ1) is 19.3. The molecule has 0 radical (unpaired) electrons. The van der Waals surface area contributed by atoms with Crippen molar-refractivity contribution in [2.45, 2.75) is 12.8 Å². The van der Waals surface area contributed by atoms with Gasteiger partial charge in [-0.2, -0.15) is 0 Å².